The van der Waals surface area contributed by atoms with Crippen LogP contribution in [0.5, 0.6) is 0 Å². The minimum atomic E-state index is -4.94. The standard InChI is InChI=1S/C24H26N2O6S2.Na/c1-4-25-19-9-6-17(7-10-19)24(18-8-13-22(26-5-2)16(3)14-18)21-12-11-20(33(27,28)29)15-23(21)34(30,31)32;/h6-15,26H,4-5H2,1-3H3,(H,27,28,29)(H,30,31,32);/q;+1/p-1. The SMILES string of the molecule is CCN=C1C=CC(=C(c2ccc(NCC)c(C)c2)c2ccc(S(=O)(=O)[O-])cc2S(=O)(=O)O)C=C1.[Na+]. The molecule has 0 bridgehead atoms. The molecule has 11 heteroatoms. The minimum absolute atomic E-state index is 0. The third kappa shape index (κ3) is 7.01. The van der Waals surface area contributed by atoms with E-state index in [0.717, 1.165) is 29.6 Å². The van der Waals surface area contributed by atoms with Crippen molar-refractivity contribution in [1.82, 2.24) is 0 Å². The average molecular weight is 525 g/mol. The molecule has 0 aromatic heterocycles. The molecule has 35 heavy (non-hydrogen) atoms. The number of benzene rings is 2. The number of anilines is 1. The van der Waals surface area contributed by atoms with E-state index in [2.05, 4.69) is 10.3 Å². The Labute approximate surface area is 228 Å². The van der Waals surface area contributed by atoms with Gasteiger partial charge in [0.1, 0.15) is 15.0 Å². The maximum atomic E-state index is 12.3. The van der Waals surface area contributed by atoms with Crippen LogP contribution in [0.4, 0.5) is 5.69 Å². The van der Waals surface area contributed by atoms with Gasteiger partial charge in [-0.15, -0.1) is 0 Å². The molecule has 0 amide bonds. The molecule has 3 rings (SSSR count). The molecule has 2 N–H and O–H groups in total. The van der Waals surface area contributed by atoms with Crippen molar-refractivity contribution < 1.29 is 55.5 Å². The predicted octanol–water partition coefficient (Wildman–Crippen LogP) is 0.970. The van der Waals surface area contributed by atoms with Crippen molar-refractivity contribution in [2.75, 3.05) is 18.4 Å². The Bertz CT molecular complexity index is 1440. The topological polar surface area (TPSA) is 136 Å². The fraction of sp³-hybridized carbons (Fsp3) is 0.208. The van der Waals surface area contributed by atoms with Gasteiger partial charge in [0.2, 0.25) is 0 Å². The Hall–Kier alpha value is -2.05. The summed E-state index contributed by atoms with van der Waals surface area (Å²) in [6.07, 6.45) is 7.09. The Balaban J connectivity index is 0.00000432. The molecule has 0 atom stereocenters. The molecule has 0 fully saturated rings. The predicted molar refractivity (Wildman–Crippen MR) is 132 cm³/mol. The summed E-state index contributed by atoms with van der Waals surface area (Å²) < 4.78 is 69.0. The van der Waals surface area contributed by atoms with E-state index in [0.29, 0.717) is 29.3 Å². The fourth-order valence-corrected chi connectivity index (χ4v) is 4.98. The van der Waals surface area contributed by atoms with Crippen LogP contribution >= 0.6 is 0 Å². The molecule has 0 spiro atoms. The van der Waals surface area contributed by atoms with Crippen molar-refractivity contribution in [3.8, 4) is 0 Å². The van der Waals surface area contributed by atoms with E-state index in [1.54, 1.807) is 30.4 Å². The van der Waals surface area contributed by atoms with Crippen LogP contribution < -0.4 is 34.9 Å². The summed E-state index contributed by atoms with van der Waals surface area (Å²) in [7, 11) is -9.82. The first-order valence-corrected chi connectivity index (χ1v) is 13.4. The molecule has 0 unspecified atom stereocenters. The number of nitrogens with zero attached hydrogens (tertiary/aromatic N) is 1. The van der Waals surface area contributed by atoms with Gasteiger partial charge in [0.15, 0.2) is 0 Å². The Morgan fingerprint density at radius 3 is 2.17 bits per heavy atom. The molecule has 8 nitrogen and oxygen atoms in total. The van der Waals surface area contributed by atoms with Gasteiger partial charge in [-0.1, -0.05) is 24.3 Å². The third-order valence-corrected chi connectivity index (χ3v) is 6.89. The molecule has 0 aliphatic heterocycles. The monoisotopic (exact) mass is 524 g/mol. The van der Waals surface area contributed by atoms with Crippen LogP contribution in [0, 0.1) is 6.92 Å². The largest absolute Gasteiger partial charge is 1.00 e. The maximum Gasteiger partial charge on any atom is 1.00 e. The number of allylic oxidation sites excluding steroid dienone is 5. The Morgan fingerprint density at radius 1 is 1.00 bits per heavy atom. The summed E-state index contributed by atoms with van der Waals surface area (Å²) >= 11 is 0. The third-order valence-electron chi connectivity index (χ3n) is 5.17. The van der Waals surface area contributed by atoms with Crippen molar-refractivity contribution in [1.29, 1.82) is 0 Å². The van der Waals surface area contributed by atoms with Crippen LogP contribution in [-0.2, 0) is 20.2 Å². The summed E-state index contributed by atoms with van der Waals surface area (Å²) in [6, 6.07) is 8.47. The zero-order valence-electron chi connectivity index (χ0n) is 19.9. The van der Waals surface area contributed by atoms with Gasteiger partial charge < -0.3 is 9.87 Å². The van der Waals surface area contributed by atoms with E-state index in [-0.39, 0.29) is 35.1 Å². The number of aliphatic imine (C=N–C) groups is 1. The number of nitrogens with one attached hydrogen (secondary N) is 1. The zero-order valence-corrected chi connectivity index (χ0v) is 23.6. The van der Waals surface area contributed by atoms with Crippen LogP contribution in [0.2, 0.25) is 0 Å². The van der Waals surface area contributed by atoms with E-state index in [1.807, 2.05) is 32.9 Å². The van der Waals surface area contributed by atoms with Crippen molar-refractivity contribution in [2.24, 2.45) is 4.99 Å². The molecular weight excluding hydrogens is 499 g/mol. The van der Waals surface area contributed by atoms with E-state index >= 15 is 0 Å². The molecule has 1 aliphatic rings. The average Bonchev–Trinajstić information content (AvgIpc) is 2.76. The van der Waals surface area contributed by atoms with Gasteiger partial charge in [-0.2, -0.15) is 8.42 Å². The van der Waals surface area contributed by atoms with Crippen molar-refractivity contribution >= 4 is 37.2 Å². The maximum absolute atomic E-state index is 12.3. The van der Waals surface area contributed by atoms with Crippen molar-refractivity contribution in [3.63, 3.8) is 0 Å². The van der Waals surface area contributed by atoms with Crippen molar-refractivity contribution in [2.45, 2.75) is 30.6 Å². The molecule has 0 saturated carbocycles. The summed E-state index contributed by atoms with van der Waals surface area (Å²) in [6.45, 7) is 7.09. The van der Waals surface area contributed by atoms with E-state index in [9.17, 15) is 25.9 Å². The molecule has 0 radical (unpaired) electrons. The summed E-state index contributed by atoms with van der Waals surface area (Å²) in [4.78, 5) is 2.92. The molecule has 2 aromatic carbocycles. The summed E-state index contributed by atoms with van der Waals surface area (Å²) in [5.74, 6) is 0. The molecule has 1 aliphatic carbocycles. The Morgan fingerprint density at radius 2 is 1.66 bits per heavy atom. The number of rotatable bonds is 7. The molecule has 0 heterocycles. The first kappa shape index (κ1) is 29.2. The second-order valence-electron chi connectivity index (χ2n) is 7.54. The molecule has 2 aromatic rings. The van der Waals surface area contributed by atoms with E-state index in [1.165, 1.54) is 6.07 Å². The van der Waals surface area contributed by atoms with Crippen LogP contribution in [0.1, 0.15) is 30.5 Å². The number of hydrogen-bond acceptors (Lipinski definition) is 7. The van der Waals surface area contributed by atoms with Gasteiger partial charge >= 0.3 is 29.6 Å². The second-order valence-corrected chi connectivity index (χ2v) is 10.3. The fourth-order valence-electron chi connectivity index (χ4n) is 3.68. The smallest absolute Gasteiger partial charge is 0.744 e. The van der Waals surface area contributed by atoms with Crippen LogP contribution in [0.15, 0.2) is 81.1 Å². The van der Waals surface area contributed by atoms with Crippen molar-refractivity contribution in [3.05, 3.63) is 83.0 Å². The molecule has 180 valence electrons. The van der Waals surface area contributed by atoms with E-state index < -0.39 is 30.0 Å². The summed E-state index contributed by atoms with van der Waals surface area (Å²) in [5, 5.41) is 3.24. The first-order valence-electron chi connectivity index (χ1n) is 10.5. The minimum Gasteiger partial charge on any atom is -0.744 e. The quantitative estimate of drug-likeness (QED) is 0.407. The van der Waals surface area contributed by atoms with Gasteiger partial charge in [-0.25, -0.2) is 8.42 Å². The van der Waals surface area contributed by atoms with Crippen LogP contribution in [0.3, 0.4) is 0 Å². The number of hydrogen-bond donors (Lipinski definition) is 2. The van der Waals surface area contributed by atoms with Gasteiger partial charge in [-0.05, 0) is 79.5 Å². The van der Waals surface area contributed by atoms with Gasteiger partial charge in [-0.3, -0.25) is 9.55 Å². The first-order chi connectivity index (χ1) is 16.0. The molecular formula is C24H25N2NaO6S2. The zero-order chi connectivity index (χ0) is 25.1. The van der Waals surface area contributed by atoms with Gasteiger partial charge in [0.05, 0.1) is 10.6 Å². The van der Waals surface area contributed by atoms with Crippen LogP contribution in [0.25, 0.3) is 5.57 Å². The summed E-state index contributed by atoms with van der Waals surface area (Å²) in [5.41, 5.74) is 4.32. The van der Waals surface area contributed by atoms with E-state index in [4.69, 9.17) is 0 Å². The number of aryl methyl sites for hydroxylation is 1. The van der Waals surface area contributed by atoms with Gasteiger partial charge in [0.25, 0.3) is 10.1 Å². The van der Waals surface area contributed by atoms with Crippen LogP contribution in [-0.4, -0.2) is 44.7 Å². The van der Waals surface area contributed by atoms with Gasteiger partial charge in [0, 0.05) is 24.3 Å². The normalized spacial score (nSPS) is 13.4. The Kier molecular flexibility index (Phi) is 9.83. The second kappa shape index (κ2) is 11.8. The molecule has 0 saturated heterocycles.